The summed E-state index contributed by atoms with van der Waals surface area (Å²) in [7, 11) is 1.70. The van der Waals surface area contributed by atoms with Crippen LogP contribution in [0.1, 0.15) is 22.3 Å². The van der Waals surface area contributed by atoms with Gasteiger partial charge in [0, 0.05) is 0 Å². The quantitative estimate of drug-likeness (QED) is 0.546. The lowest BCUT2D eigenvalue weighted by Gasteiger charge is -2.39. The highest BCUT2D eigenvalue weighted by Crippen LogP contribution is 2.49. The van der Waals surface area contributed by atoms with Crippen molar-refractivity contribution in [2.45, 2.75) is 11.8 Å². The number of methoxy groups -OCH3 is 1. The highest BCUT2D eigenvalue weighted by Gasteiger charge is 2.39. The van der Waals surface area contributed by atoms with E-state index in [-0.39, 0.29) is 5.41 Å². The van der Waals surface area contributed by atoms with Gasteiger partial charge in [-0.05, 0) is 46.4 Å². The van der Waals surface area contributed by atoms with Crippen LogP contribution in [0.5, 0.6) is 5.75 Å². The number of hydrogen-bond acceptors (Lipinski definition) is 1. The maximum absolute atomic E-state index is 5.36. The van der Waals surface area contributed by atoms with Crippen LogP contribution >= 0.6 is 0 Å². The van der Waals surface area contributed by atoms with Crippen molar-refractivity contribution in [1.29, 1.82) is 0 Å². The normalized spacial score (nSPS) is 18.6. The Labute approximate surface area is 155 Å². The molecule has 1 aliphatic rings. The summed E-state index contributed by atoms with van der Waals surface area (Å²) in [5.74, 6) is 0.863. The van der Waals surface area contributed by atoms with Crippen LogP contribution in [0, 0.1) is 0 Å². The van der Waals surface area contributed by atoms with E-state index in [2.05, 4.69) is 85.5 Å². The molecule has 1 unspecified atom stereocenters. The van der Waals surface area contributed by atoms with Crippen molar-refractivity contribution in [3.05, 3.63) is 120 Å². The second kappa shape index (κ2) is 6.68. The van der Waals surface area contributed by atoms with Gasteiger partial charge in [-0.25, -0.2) is 0 Å². The van der Waals surface area contributed by atoms with Gasteiger partial charge in [0.1, 0.15) is 5.75 Å². The van der Waals surface area contributed by atoms with Gasteiger partial charge in [-0.15, -0.1) is 6.58 Å². The second-order valence-corrected chi connectivity index (χ2v) is 6.59. The molecule has 0 spiro atoms. The molecular formula is C25H22O. The molecule has 0 aromatic heterocycles. The Morgan fingerprint density at radius 3 is 2.27 bits per heavy atom. The molecule has 0 radical (unpaired) electrons. The standard InChI is InChI=1S/C25H22O/c1-3-25(21-14-16-22(26-2)17-15-21)23-12-8-7-11-20(23)13-18-24(25)19-9-5-4-6-10-19/h3-12,14-18H,1,13H2,2H3. The number of hydrogen-bond donors (Lipinski definition) is 0. The van der Waals surface area contributed by atoms with Crippen molar-refractivity contribution in [2.75, 3.05) is 7.11 Å². The molecule has 0 N–H and O–H groups in total. The first-order valence-corrected chi connectivity index (χ1v) is 8.92. The van der Waals surface area contributed by atoms with Crippen molar-refractivity contribution < 1.29 is 4.74 Å². The number of benzene rings is 3. The molecular weight excluding hydrogens is 316 g/mol. The zero-order valence-corrected chi connectivity index (χ0v) is 15.0. The number of allylic oxidation sites excluding steroid dienone is 3. The lowest BCUT2D eigenvalue weighted by Crippen LogP contribution is -2.31. The minimum atomic E-state index is -0.373. The fraction of sp³-hybridized carbons (Fsp3) is 0.120. The molecule has 4 rings (SSSR count). The molecule has 3 aromatic rings. The highest BCUT2D eigenvalue weighted by molar-refractivity contribution is 5.84. The summed E-state index contributed by atoms with van der Waals surface area (Å²) in [6.07, 6.45) is 5.38. The summed E-state index contributed by atoms with van der Waals surface area (Å²) in [5.41, 5.74) is 6.01. The Bertz CT molecular complexity index is 951. The Balaban J connectivity index is 2.00. The van der Waals surface area contributed by atoms with E-state index in [1.807, 2.05) is 12.1 Å². The lowest BCUT2D eigenvalue weighted by molar-refractivity contribution is 0.414. The molecule has 128 valence electrons. The van der Waals surface area contributed by atoms with Gasteiger partial charge in [0.25, 0.3) is 0 Å². The summed E-state index contributed by atoms with van der Waals surface area (Å²) in [4.78, 5) is 0. The van der Waals surface area contributed by atoms with E-state index in [1.54, 1.807) is 7.11 Å². The zero-order valence-electron chi connectivity index (χ0n) is 15.0. The minimum Gasteiger partial charge on any atom is -0.497 e. The van der Waals surface area contributed by atoms with Gasteiger partial charge in [-0.3, -0.25) is 0 Å². The van der Waals surface area contributed by atoms with E-state index in [1.165, 1.54) is 27.8 Å². The Morgan fingerprint density at radius 2 is 1.58 bits per heavy atom. The van der Waals surface area contributed by atoms with Gasteiger partial charge < -0.3 is 4.74 Å². The number of fused-ring (bicyclic) bond motifs is 1. The smallest absolute Gasteiger partial charge is 0.118 e. The molecule has 0 saturated heterocycles. The Hall–Kier alpha value is -3.06. The highest BCUT2D eigenvalue weighted by atomic mass is 16.5. The molecule has 0 aliphatic heterocycles. The Morgan fingerprint density at radius 1 is 0.885 bits per heavy atom. The minimum absolute atomic E-state index is 0.373. The van der Waals surface area contributed by atoms with Crippen LogP contribution in [0.3, 0.4) is 0 Å². The van der Waals surface area contributed by atoms with Crippen molar-refractivity contribution in [3.63, 3.8) is 0 Å². The van der Waals surface area contributed by atoms with Crippen molar-refractivity contribution in [3.8, 4) is 5.75 Å². The van der Waals surface area contributed by atoms with E-state index in [9.17, 15) is 0 Å². The molecule has 0 bridgehead atoms. The van der Waals surface area contributed by atoms with Gasteiger partial charge >= 0.3 is 0 Å². The van der Waals surface area contributed by atoms with Gasteiger partial charge in [-0.2, -0.15) is 0 Å². The molecule has 0 fully saturated rings. The molecule has 1 aliphatic carbocycles. The molecule has 1 atom stereocenters. The lowest BCUT2D eigenvalue weighted by atomic mass is 9.63. The monoisotopic (exact) mass is 338 g/mol. The van der Waals surface area contributed by atoms with Crippen LogP contribution in [-0.4, -0.2) is 7.11 Å². The average Bonchev–Trinajstić information content (AvgIpc) is 2.73. The number of ether oxygens (including phenoxy) is 1. The maximum Gasteiger partial charge on any atom is 0.118 e. The van der Waals surface area contributed by atoms with Crippen molar-refractivity contribution in [1.82, 2.24) is 0 Å². The first-order valence-electron chi connectivity index (χ1n) is 8.92. The maximum atomic E-state index is 5.36. The average molecular weight is 338 g/mol. The van der Waals surface area contributed by atoms with E-state index in [4.69, 9.17) is 4.74 Å². The largest absolute Gasteiger partial charge is 0.497 e. The Kier molecular flexibility index (Phi) is 4.22. The predicted octanol–water partition coefficient (Wildman–Crippen LogP) is 5.81. The van der Waals surface area contributed by atoms with Gasteiger partial charge in [-0.1, -0.05) is 78.9 Å². The van der Waals surface area contributed by atoms with Crippen LogP contribution in [0.25, 0.3) is 5.57 Å². The summed E-state index contributed by atoms with van der Waals surface area (Å²) in [6, 6.07) is 27.7. The van der Waals surface area contributed by atoms with Crippen molar-refractivity contribution in [2.24, 2.45) is 0 Å². The van der Waals surface area contributed by atoms with Crippen LogP contribution in [-0.2, 0) is 11.8 Å². The van der Waals surface area contributed by atoms with Gasteiger partial charge in [0.2, 0.25) is 0 Å². The van der Waals surface area contributed by atoms with E-state index >= 15 is 0 Å². The van der Waals surface area contributed by atoms with E-state index in [0.717, 1.165) is 12.2 Å². The molecule has 26 heavy (non-hydrogen) atoms. The molecule has 3 aromatic carbocycles. The third-order valence-corrected chi connectivity index (χ3v) is 5.33. The fourth-order valence-electron chi connectivity index (χ4n) is 4.07. The molecule has 0 heterocycles. The third-order valence-electron chi connectivity index (χ3n) is 5.33. The van der Waals surface area contributed by atoms with Gasteiger partial charge in [0.15, 0.2) is 0 Å². The summed E-state index contributed by atoms with van der Waals surface area (Å²) in [5, 5.41) is 0. The summed E-state index contributed by atoms with van der Waals surface area (Å²) < 4.78 is 5.36. The first kappa shape index (κ1) is 16.4. The molecule has 1 heteroatoms. The first-order chi connectivity index (χ1) is 12.8. The summed E-state index contributed by atoms with van der Waals surface area (Å²) >= 11 is 0. The SMILES string of the molecule is C=CC1(c2ccc(OC)cc2)C(c2ccccc2)=CCc2ccccc21. The topological polar surface area (TPSA) is 9.23 Å². The van der Waals surface area contributed by atoms with E-state index in [0.29, 0.717) is 0 Å². The van der Waals surface area contributed by atoms with Crippen LogP contribution in [0.2, 0.25) is 0 Å². The van der Waals surface area contributed by atoms with Gasteiger partial charge in [0.05, 0.1) is 12.5 Å². The second-order valence-electron chi connectivity index (χ2n) is 6.59. The zero-order chi connectivity index (χ0) is 18.0. The van der Waals surface area contributed by atoms with E-state index < -0.39 is 0 Å². The van der Waals surface area contributed by atoms with Crippen LogP contribution in [0.15, 0.2) is 97.6 Å². The third kappa shape index (κ3) is 2.48. The summed E-state index contributed by atoms with van der Waals surface area (Å²) in [6.45, 7) is 4.28. The number of rotatable bonds is 4. The fourth-order valence-corrected chi connectivity index (χ4v) is 4.07. The van der Waals surface area contributed by atoms with Crippen LogP contribution < -0.4 is 4.74 Å². The van der Waals surface area contributed by atoms with Crippen LogP contribution in [0.4, 0.5) is 0 Å². The molecule has 0 saturated carbocycles. The molecule has 1 nitrogen and oxygen atoms in total. The predicted molar refractivity (Wildman–Crippen MR) is 109 cm³/mol. The molecule has 0 amide bonds. The van der Waals surface area contributed by atoms with Crippen molar-refractivity contribution >= 4 is 5.57 Å².